The lowest BCUT2D eigenvalue weighted by Crippen LogP contribution is -2.44. The molecule has 0 aliphatic heterocycles. The van der Waals surface area contributed by atoms with E-state index in [0.29, 0.717) is 13.0 Å². The molecule has 3 N–H and O–H groups in total. The summed E-state index contributed by atoms with van der Waals surface area (Å²) in [6, 6.07) is 4.18. The van der Waals surface area contributed by atoms with Crippen LogP contribution in [0.15, 0.2) is 12.1 Å². The number of carbonyl (C=O) groups is 1. The quantitative estimate of drug-likeness (QED) is 0.725. The second-order valence-electron chi connectivity index (χ2n) is 6.08. The highest BCUT2D eigenvalue weighted by Crippen LogP contribution is 2.18. The van der Waals surface area contributed by atoms with Gasteiger partial charge in [0.2, 0.25) is 0 Å². The molecule has 0 fully saturated rings. The molecule has 1 aromatic rings. The predicted octanol–water partition coefficient (Wildman–Crippen LogP) is 2.70. The summed E-state index contributed by atoms with van der Waals surface area (Å²) in [5.41, 5.74) is -0.0831. The lowest BCUT2D eigenvalue weighted by Gasteiger charge is -2.24. The molecule has 1 atom stereocenters. The molecular formula is C15H26N2O2S. The minimum Gasteiger partial charge on any atom is -0.396 e. The van der Waals surface area contributed by atoms with E-state index < -0.39 is 0 Å². The lowest BCUT2D eigenvalue weighted by molar-refractivity contribution is 0.200. The van der Waals surface area contributed by atoms with Crippen LogP contribution in [0.4, 0.5) is 4.79 Å². The SMILES string of the molecule is Cc1ccc(CC(C)NC(=O)NCC(C)(C)CCO)s1. The van der Waals surface area contributed by atoms with Gasteiger partial charge in [-0.1, -0.05) is 13.8 Å². The van der Waals surface area contributed by atoms with Crippen LogP contribution in [0.5, 0.6) is 0 Å². The van der Waals surface area contributed by atoms with E-state index in [1.54, 1.807) is 11.3 Å². The van der Waals surface area contributed by atoms with E-state index in [9.17, 15) is 4.79 Å². The molecule has 0 saturated heterocycles. The van der Waals surface area contributed by atoms with Crippen molar-refractivity contribution < 1.29 is 9.90 Å². The molecule has 0 aliphatic rings. The van der Waals surface area contributed by atoms with Crippen molar-refractivity contribution in [3.05, 3.63) is 21.9 Å². The van der Waals surface area contributed by atoms with Gasteiger partial charge in [0.1, 0.15) is 0 Å². The van der Waals surface area contributed by atoms with Crippen molar-refractivity contribution in [3.8, 4) is 0 Å². The van der Waals surface area contributed by atoms with E-state index in [2.05, 4.69) is 29.7 Å². The van der Waals surface area contributed by atoms with E-state index in [4.69, 9.17) is 5.11 Å². The fourth-order valence-electron chi connectivity index (χ4n) is 1.93. The van der Waals surface area contributed by atoms with Gasteiger partial charge in [-0.15, -0.1) is 11.3 Å². The second-order valence-corrected chi connectivity index (χ2v) is 7.45. The van der Waals surface area contributed by atoms with Crippen LogP contribution in [-0.2, 0) is 6.42 Å². The third kappa shape index (κ3) is 6.39. The molecule has 0 bridgehead atoms. The first-order valence-electron chi connectivity index (χ1n) is 7.03. The molecule has 5 heteroatoms. The zero-order chi connectivity index (χ0) is 15.2. The Hall–Kier alpha value is -1.07. The van der Waals surface area contributed by atoms with Gasteiger partial charge < -0.3 is 15.7 Å². The largest absolute Gasteiger partial charge is 0.396 e. The Kier molecular flexibility index (Phi) is 6.49. The maximum atomic E-state index is 11.8. The van der Waals surface area contributed by atoms with Gasteiger partial charge in [0.05, 0.1) is 0 Å². The lowest BCUT2D eigenvalue weighted by atomic mass is 9.90. The standard InChI is InChI=1S/C15H26N2O2S/c1-11(9-13-6-5-12(2)20-13)17-14(19)16-10-15(3,4)7-8-18/h5-6,11,18H,7-10H2,1-4H3,(H2,16,17,19). The van der Waals surface area contributed by atoms with Crippen molar-refractivity contribution >= 4 is 17.4 Å². The number of rotatable bonds is 7. The number of aryl methyl sites for hydroxylation is 1. The number of carbonyl (C=O) groups excluding carboxylic acids is 1. The van der Waals surface area contributed by atoms with Gasteiger partial charge in [-0.2, -0.15) is 0 Å². The van der Waals surface area contributed by atoms with Crippen molar-refractivity contribution in [2.45, 2.75) is 46.6 Å². The zero-order valence-corrected chi connectivity index (χ0v) is 13.6. The van der Waals surface area contributed by atoms with Crippen LogP contribution in [0.2, 0.25) is 0 Å². The molecule has 114 valence electrons. The second kappa shape index (κ2) is 7.64. The van der Waals surface area contributed by atoms with Gasteiger partial charge in [0, 0.05) is 35.4 Å². The highest BCUT2D eigenvalue weighted by Gasteiger charge is 2.18. The number of aliphatic hydroxyl groups excluding tert-OH is 1. The number of thiophene rings is 1. The maximum Gasteiger partial charge on any atom is 0.315 e. The molecule has 1 heterocycles. The molecule has 0 radical (unpaired) electrons. The molecule has 0 saturated carbocycles. The molecule has 0 aromatic carbocycles. The van der Waals surface area contributed by atoms with Gasteiger partial charge in [-0.3, -0.25) is 0 Å². The number of aliphatic hydroxyl groups is 1. The zero-order valence-electron chi connectivity index (χ0n) is 12.8. The Bertz CT molecular complexity index is 429. The molecule has 1 aromatic heterocycles. The van der Waals surface area contributed by atoms with E-state index in [1.807, 2.05) is 20.8 Å². The van der Waals surface area contributed by atoms with Crippen LogP contribution in [0, 0.1) is 12.3 Å². The van der Waals surface area contributed by atoms with Crippen LogP contribution in [0.1, 0.15) is 36.9 Å². The Morgan fingerprint density at radius 2 is 2.15 bits per heavy atom. The van der Waals surface area contributed by atoms with Crippen LogP contribution in [-0.4, -0.2) is 30.3 Å². The van der Waals surface area contributed by atoms with Crippen molar-refractivity contribution in [1.29, 1.82) is 0 Å². The van der Waals surface area contributed by atoms with Crippen molar-refractivity contribution in [1.82, 2.24) is 10.6 Å². The summed E-state index contributed by atoms with van der Waals surface area (Å²) in [7, 11) is 0. The molecule has 4 nitrogen and oxygen atoms in total. The smallest absolute Gasteiger partial charge is 0.315 e. The summed E-state index contributed by atoms with van der Waals surface area (Å²) < 4.78 is 0. The minimum atomic E-state index is -0.142. The van der Waals surface area contributed by atoms with Crippen molar-refractivity contribution in [2.75, 3.05) is 13.2 Å². The number of urea groups is 1. The van der Waals surface area contributed by atoms with Crippen molar-refractivity contribution in [3.63, 3.8) is 0 Å². The molecule has 0 spiro atoms. The van der Waals surface area contributed by atoms with Gasteiger partial charge in [0.25, 0.3) is 0 Å². The van der Waals surface area contributed by atoms with Crippen LogP contribution < -0.4 is 10.6 Å². The number of nitrogens with one attached hydrogen (secondary N) is 2. The van der Waals surface area contributed by atoms with E-state index in [-0.39, 0.29) is 24.1 Å². The van der Waals surface area contributed by atoms with Gasteiger partial charge in [-0.25, -0.2) is 4.79 Å². The monoisotopic (exact) mass is 298 g/mol. The van der Waals surface area contributed by atoms with Crippen molar-refractivity contribution in [2.24, 2.45) is 5.41 Å². The van der Waals surface area contributed by atoms with Crippen LogP contribution in [0.25, 0.3) is 0 Å². The highest BCUT2D eigenvalue weighted by atomic mass is 32.1. The molecule has 0 aliphatic carbocycles. The molecule has 20 heavy (non-hydrogen) atoms. The fraction of sp³-hybridized carbons (Fsp3) is 0.667. The summed E-state index contributed by atoms with van der Waals surface area (Å²) in [6.45, 7) is 8.85. The third-order valence-corrected chi connectivity index (χ3v) is 4.22. The Morgan fingerprint density at radius 3 is 2.70 bits per heavy atom. The average molecular weight is 298 g/mol. The first-order valence-corrected chi connectivity index (χ1v) is 7.84. The third-order valence-electron chi connectivity index (χ3n) is 3.20. The van der Waals surface area contributed by atoms with Gasteiger partial charge in [0.15, 0.2) is 0 Å². The Morgan fingerprint density at radius 1 is 1.45 bits per heavy atom. The van der Waals surface area contributed by atoms with Crippen LogP contribution >= 0.6 is 11.3 Å². The van der Waals surface area contributed by atoms with Crippen LogP contribution in [0.3, 0.4) is 0 Å². The maximum absolute atomic E-state index is 11.8. The summed E-state index contributed by atoms with van der Waals surface area (Å²) in [5.74, 6) is 0. The first kappa shape index (κ1) is 17.0. The normalized spacial score (nSPS) is 13.1. The summed E-state index contributed by atoms with van der Waals surface area (Å²) in [6.07, 6.45) is 1.53. The molecule has 1 unspecified atom stereocenters. The van der Waals surface area contributed by atoms with Gasteiger partial charge in [-0.05, 0) is 37.8 Å². The van der Waals surface area contributed by atoms with E-state index >= 15 is 0 Å². The highest BCUT2D eigenvalue weighted by molar-refractivity contribution is 7.11. The molecule has 2 amide bonds. The minimum absolute atomic E-state index is 0.0831. The average Bonchev–Trinajstić information content (AvgIpc) is 2.72. The summed E-state index contributed by atoms with van der Waals surface area (Å²) >= 11 is 1.77. The summed E-state index contributed by atoms with van der Waals surface area (Å²) in [5, 5.41) is 14.8. The van der Waals surface area contributed by atoms with Gasteiger partial charge >= 0.3 is 6.03 Å². The Balaban J connectivity index is 2.31. The van der Waals surface area contributed by atoms with E-state index in [0.717, 1.165) is 6.42 Å². The Labute approximate surface area is 125 Å². The summed E-state index contributed by atoms with van der Waals surface area (Å²) in [4.78, 5) is 14.4. The fourth-order valence-corrected chi connectivity index (χ4v) is 2.95. The predicted molar refractivity (Wildman–Crippen MR) is 84.2 cm³/mol. The molecular weight excluding hydrogens is 272 g/mol. The number of hydrogen-bond donors (Lipinski definition) is 3. The topological polar surface area (TPSA) is 61.4 Å². The first-order chi connectivity index (χ1) is 9.32. The van der Waals surface area contributed by atoms with E-state index in [1.165, 1.54) is 9.75 Å². The molecule has 1 rings (SSSR count). The number of amides is 2. The number of hydrogen-bond acceptors (Lipinski definition) is 3.